The zero-order valence-corrected chi connectivity index (χ0v) is 4.73. The van der Waals surface area contributed by atoms with Crippen molar-refractivity contribution in [2.24, 2.45) is 0 Å². The van der Waals surface area contributed by atoms with Crippen molar-refractivity contribution >= 4 is 0 Å². The fourth-order valence-electron chi connectivity index (χ4n) is 0.428. The lowest BCUT2D eigenvalue weighted by atomic mass is 10.3. The van der Waals surface area contributed by atoms with Crippen molar-refractivity contribution < 1.29 is 15.6 Å². The van der Waals surface area contributed by atoms with Gasteiger partial charge in [0, 0.05) is 0 Å². The second-order valence-electron chi connectivity index (χ2n) is 1.34. The zero-order chi connectivity index (χ0) is 7.11. The molecule has 0 saturated heterocycles. The van der Waals surface area contributed by atoms with Crippen LogP contribution >= 0.6 is 0 Å². The topological polar surface area (TPSA) is 60.7 Å². The smallest absolute Gasteiger partial charge is 0.115 e. The number of rotatable bonds is 0. The summed E-state index contributed by atoms with van der Waals surface area (Å²) in [5.41, 5.74) is 0. The van der Waals surface area contributed by atoms with Crippen LogP contribution in [0.3, 0.4) is 0 Å². The van der Waals surface area contributed by atoms with Crippen molar-refractivity contribution in [1.82, 2.24) is 0 Å². The molecule has 0 aliphatic rings. The van der Waals surface area contributed by atoms with E-state index in [0.717, 1.165) is 0 Å². The van der Waals surface area contributed by atoms with Crippen LogP contribution in [-0.2, 0) is 0 Å². The molecule has 0 spiro atoms. The molecule has 50 valence electrons. The monoisotopic (exact) mass is 128 g/mol. The summed E-state index contributed by atoms with van der Waals surface area (Å²) in [6.45, 7) is 0. The molecule has 3 nitrogen and oxygen atoms in total. The van der Waals surface area contributed by atoms with E-state index in [2.05, 4.69) is 0 Å². The van der Waals surface area contributed by atoms with Crippen molar-refractivity contribution in [1.29, 1.82) is 0 Å². The maximum absolute atomic E-state index is 8.63. The molecule has 1 aromatic carbocycles. The second-order valence-corrected chi connectivity index (χ2v) is 1.34. The van der Waals surface area contributed by atoms with Crippen molar-refractivity contribution in [3.8, 4) is 5.75 Å². The van der Waals surface area contributed by atoms with Crippen molar-refractivity contribution in [2.75, 3.05) is 0 Å². The first kappa shape index (κ1) is 7.94. The number of phenols is 1. The van der Waals surface area contributed by atoms with Gasteiger partial charge in [0.2, 0.25) is 0 Å². The van der Waals surface area contributed by atoms with Gasteiger partial charge in [-0.3, -0.25) is 10.5 Å². The van der Waals surface area contributed by atoms with Crippen LogP contribution < -0.4 is 0 Å². The second kappa shape index (κ2) is 5.08. The molecule has 0 amide bonds. The first-order valence-electron chi connectivity index (χ1n) is 2.33. The summed E-state index contributed by atoms with van der Waals surface area (Å²) in [5.74, 6) is 0.322. The lowest BCUT2D eigenvalue weighted by Crippen LogP contribution is -1.56. The third kappa shape index (κ3) is 3.52. The van der Waals surface area contributed by atoms with E-state index in [1.54, 1.807) is 24.3 Å². The Kier molecular flexibility index (Phi) is 4.49. The standard InChI is InChI=1S/C6H6O.H2O2/c7-6-4-2-1-3-5-6;1-2/h1-5,7H;1-2H. The van der Waals surface area contributed by atoms with Crippen LogP contribution in [0.4, 0.5) is 0 Å². The Morgan fingerprint density at radius 2 is 1.33 bits per heavy atom. The van der Waals surface area contributed by atoms with E-state index in [1.807, 2.05) is 6.07 Å². The number of benzene rings is 1. The van der Waals surface area contributed by atoms with Gasteiger partial charge >= 0.3 is 0 Å². The first-order valence-corrected chi connectivity index (χ1v) is 2.33. The van der Waals surface area contributed by atoms with Gasteiger partial charge in [-0.2, -0.15) is 0 Å². The van der Waals surface area contributed by atoms with Crippen LogP contribution in [0.2, 0.25) is 0 Å². The minimum absolute atomic E-state index is 0.322. The van der Waals surface area contributed by atoms with Gasteiger partial charge in [0.05, 0.1) is 0 Å². The number of hydrogen-bond acceptors (Lipinski definition) is 3. The molecule has 0 fully saturated rings. The fraction of sp³-hybridized carbons (Fsp3) is 0. The van der Waals surface area contributed by atoms with Gasteiger partial charge in [0.1, 0.15) is 5.75 Å². The number of hydrogen-bond donors (Lipinski definition) is 3. The van der Waals surface area contributed by atoms with Gasteiger partial charge < -0.3 is 5.11 Å². The highest BCUT2D eigenvalue weighted by Gasteiger charge is 1.74. The number of aromatic hydroxyl groups is 1. The molecule has 0 bridgehead atoms. The summed E-state index contributed by atoms with van der Waals surface area (Å²) in [7, 11) is 0. The van der Waals surface area contributed by atoms with E-state index in [-0.39, 0.29) is 0 Å². The quantitative estimate of drug-likeness (QED) is 0.365. The van der Waals surface area contributed by atoms with E-state index in [4.69, 9.17) is 15.6 Å². The molecule has 1 aromatic rings. The van der Waals surface area contributed by atoms with Gasteiger partial charge in [-0.1, -0.05) is 18.2 Å². The molecular formula is C6H8O3. The maximum Gasteiger partial charge on any atom is 0.115 e. The van der Waals surface area contributed by atoms with E-state index in [1.165, 1.54) is 0 Å². The van der Waals surface area contributed by atoms with Crippen LogP contribution in [-0.4, -0.2) is 15.6 Å². The molecule has 0 atom stereocenters. The van der Waals surface area contributed by atoms with Crippen LogP contribution in [0.25, 0.3) is 0 Å². The molecule has 0 saturated carbocycles. The molecule has 3 heteroatoms. The molecule has 0 heterocycles. The van der Waals surface area contributed by atoms with E-state index >= 15 is 0 Å². The van der Waals surface area contributed by atoms with Gasteiger partial charge in [-0.15, -0.1) is 0 Å². The molecule has 0 aromatic heterocycles. The highest BCUT2D eigenvalue weighted by Crippen LogP contribution is 2.02. The summed E-state index contributed by atoms with van der Waals surface area (Å²) in [6, 6.07) is 8.71. The predicted molar refractivity (Wildman–Crippen MR) is 33.4 cm³/mol. The Bertz CT molecular complexity index is 138. The molecule has 3 N–H and O–H groups in total. The largest absolute Gasteiger partial charge is 0.508 e. The fourth-order valence-corrected chi connectivity index (χ4v) is 0.428. The summed E-state index contributed by atoms with van der Waals surface area (Å²) >= 11 is 0. The average Bonchev–Trinajstić information content (AvgIpc) is 1.94. The van der Waals surface area contributed by atoms with Crippen molar-refractivity contribution in [3.63, 3.8) is 0 Å². The Morgan fingerprint density at radius 3 is 1.56 bits per heavy atom. The number of phenolic OH excluding ortho intramolecular Hbond substituents is 1. The third-order valence-corrected chi connectivity index (χ3v) is 0.756. The molecule has 0 aliphatic carbocycles. The SMILES string of the molecule is OO.Oc1ccccc1. The van der Waals surface area contributed by atoms with Crippen molar-refractivity contribution in [3.05, 3.63) is 30.3 Å². The summed E-state index contributed by atoms with van der Waals surface area (Å²) < 4.78 is 0. The Labute approximate surface area is 52.7 Å². The Morgan fingerprint density at radius 1 is 0.889 bits per heavy atom. The molecule has 0 radical (unpaired) electrons. The van der Waals surface area contributed by atoms with Crippen molar-refractivity contribution in [2.45, 2.75) is 0 Å². The van der Waals surface area contributed by atoms with Crippen LogP contribution in [0.15, 0.2) is 30.3 Å². The third-order valence-electron chi connectivity index (χ3n) is 0.756. The number of para-hydroxylation sites is 1. The summed E-state index contributed by atoms with van der Waals surface area (Å²) in [5, 5.41) is 20.6. The lowest BCUT2D eigenvalue weighted by molar-refractivity contribution is -0.176. The minimum Gasteiger partial charge on any atom is -0.508 e. The molecule has 0 aliphatic heterocycles. The molecule has 9 heavy (non-hydrogen) atoms. The van der Waals surface area contributed by atoms with Crippen LogP contribution in [0.1, 0.15) is 0 Å². The molecule has 0 unspecified atom stereocenters. The summed E-state index contributed by atoms with van der Waals surface area (Å²) in [6.07, 6.45) is 0. The first-order chi connectivity index (χ1) is 4.39. The van der Waals surface area contributed by atoms with Gasteiger partial charge in [-0.25, -0.2) is 0 Å². The van der Waals surface area contributed by atoms with Crippen LogP contribution in [0, 0.1) is 0 Å². The Hall–Kier alpha value is -1.06. The van der Waals surface area contributed by atoms with Gasteiger partial charge in [0.15, 0.2) is 0 Å². The highest BCUT2D eigenvalue weighted by atomic mass is 17.0. The van der Waals surface area contributed by atoms with E-state index in [0.29, 0.717) is 5.75 Å². The van der Waals surface area contributed by atoms with Gasteiger partial charge in [-0.05, 0) is 12.1 Å². The van der Waals surface area contributed by atoms with Crippen LogP contribution in [0.5, 0.6) is 5.75 Å². The maximum atomic E-state index is 8.63. The summed E-state index contributed by atoms with van der Waals surface area (Å²) in [4.78, 5) is 0. The lowest BCUT2D eigenvalue weighted by Gasteiger charge is -1.82. The highest BCUT2D eigenvalue weighted by molar-refractivity contribution is 5.18. The molecular weight excluding hydrogens is 120 g/mol. The average molecular weight is 128 g/mol. The Balaban J connectivity index is 0.000000291. The normalized spacial score (nSPS) is 7.33. The predicted octanol–water partition coefficient (Wildman–Crippen LogP) is 1.41. The zero-order valence-electron chi connectivity index (χ0n) is 4.73. The van der Waals surface area contributed by atoms with Gasteiger partial charge in [0.25, 0.3) is 0 Å². The minimum atomic E-state index is 0.322. The molecule has 1 rings (SSSR count). The van der Waals surface area contributed by atoms with E-state index in [9.17, 15) is 0 Å². The van der Waals surface area contributed by atoms with E-state index < -0.39 is 0 Å².